The van der Waals surface area contributed by atoms with Gasteiger partial charge in [-0.1, -0.05) is 24.3 Å². The van der Waals surface area contributed by atoms with Crippen LogP contribution in [0.15, 0.2) is 24.3 Å². The van der Waals surface area contributed by atoms with Crippen LogP contribution in [0.2, 0.25) is 0 Å². The Balaban J connectivity index is 1.73. The van der Waals surface area contributed by atoms with Crippen LogP contribution in [0.3, 0.4) is 0 Å². The molecule has 4 nitrogen and oxygen atoms in total. The summed E-state index contributed by atoms with van der Waals surface area (Å²) < 4.78 is 0. The maximum atomic E-state index is 11.4. The molecule has 1 fully saturated rings. The van der Waals surface area contributed by atoms with Crippen molar-refractivity contribution in [3.63, 3.8) is 0 Å². The lowest BCUT2D eigenvalue weighted by atomic mass is 9.94. The van der Waals surface area contributed by atoms with Gasteiger partial charge in [0.1, 0.15) is 5.54 Å². The number of rotatable bonds is 4. The molecule has 1 unspecified atom stereocenters. The molecule has 2 aliphatic rings. The predicted octanol–water partition coefficient (Wildman–Crippen LogP) is 1.19. The Morgan fingerprint density at radius 2 is 1.89 bits per heavy atom. The Bertz CT molecular complexity index is 459. The van der Waals surface area contributed by atoms with Crippen LogP contribution in [0.25, 0.3) is 0 Å². The van der Waals surface area contributed by atoms with E-state index in [-0.39, 0.29) is 5.92 Å². The maximum absolute atomic E-state index is 11.4. The van der Waals surface area contributed by atoms with E-state index in [4.69, 9.17) is 5.73 Å². The summed E-state index contributed by atoms with van der Waals surface area (Å²) in [5, 5.41) is 9.37. The number of fused-ring (bicyclic) bond motifs is 1. The van der Waals surface area contributed by atoms with Gasteiger partial charge in [-0.25, -0.2) is 0 Å². The molecule has 0 radical (unpaired) electrons. The van der Waals surface area contributed by atoms with E-state index in [0.717, 1.165) is 25.9 Å². The van der Waals surface area contributed by atoms with Crippen LogP contribution in [-0.2, 0) is 17.9 Å². The van der Waals surface area contributed by atoms with Crippen LogP contribution in [-0.4, -0.2) is 28.1 Å². The first-order valence-corrected chi connectivity index (χ1v) is 6.41. The second-order valence-electron chi connectivity index (χ2n) is 5.53. The van der Waals surface area contributed by atoms with E-state index in [0.29, 0.717) is 6.54 Å². The van der Waals surface area contributed by atoms with Gasteiger partial charge in [0.05, 0.1) is 0 Å². The lowest BCUT2D eigenvalue weighted by Crippen LogP contribution is -2.57. The number of nitrogens with two attached hydrogens (primary N) is 1. The molecule has 0 saturated heterocycles. The molecule has 1 aromatic rings. The molecule has 1 heterocycles. The van der Waals surface area contributed by atoms with Gasteiger partial charge in [0.15, 0.2) is 0 Å². The summed E-state index contributed by atoms with van der Waals surface area (Å²) in [4.78, 5) is 13.6. The van der Waals surface area contributed by atoms with Gasteiger partial charge in [-0.2, -0.15) is 0 Å². The van der Waals surface area contributed by atoms with Crippen molar-refractivity contribution in [3.8, 4) is 0 Å². The quantitative estimate of drug-likeness (QED) is 0.837. The molecular weight excluding hydrogens is 228 g/mol. The molecule has 0 amide bonds. The summed E-state index contributed by atoms with van der Waals surface area (Å²) in [7, 11) is 0. The van der Waals surface area contributed by atoms with Crippen molar-refractivity contribution < 1.29 is 9.90 Å². The van der Waals surface area contributed by atoms with Gasteiger partial charge in [0, 0.05) is 19.6 Å². The predicted molar refractivity (Wildman–Crippen MR) is 67.8 cm³/mol. The number of hydrogen-bond acceptors (Lipinski definition) is 3. The third-order valence-corrected chi connectivity index (χ3v) is 4.10. The van der Waals surface area contributed by atoms with Crippen molar-refractivity contribution in [3.05, 3.63) is 35.4 Å². The van der Waals surface area contributed by atoms with Crippen molar-refractivity contribution >= 4 is 5.97 Å². The number of carboxylic acid groups (broad SMARTS) is 1. The molecular formula is C14H18N2O2. The van der Waals surface area contributed by atoms with Crippen LogP contribution in [0.1, 0.15) is 24.0 Å². The average Bonchev–Trinajstić information content (AvgIpc) is 3.10. The standard InChI is InChI=1S/C14H18N2O2/c15-14(13(17)18,12-5-6-12)9-16-7-10-3-1-2-4-11(10)8-16/h1-4,12H,5-9,15H2,(H,17,18). The van der Waals surface area contributed by atoms with Gasteiger partial charge >= 0.3 is 5.97 Å². The number of benzene rings is 1. The van der Waals surface area contributed by atoms with Gasteiger partial charge < -0.3 is 10.8 Å². The number of nitrogens with zero attached hydrogens (tertiary/aromatic N) is 1. The first-order chi connectivity index (χ1) is 8.59. The molecule has 1 aromatic carbocycles. The van der Waals surface area contributed by atoms with E-state index >= 15 is 0 Å². The maximum Gasteiger partial charge on any atom is 0.325 e. The Morgan fingerprint density at radius 1 is 1.33 bits per heavy atom. The summed E-state index contributed by atoms with van der Waals surface area (Å²) in [5.41, 5.74) is 7.64. The first-order valence-electron chi connectivity index (χ1n) is 6.41. The smallest absolute Gasteiger partial charge is 0.325 e. The molecule has 3 rings (SSSR count). The van der Waals surface area contributed by atoms with Crippen LogP contribution in [0.5, 0.6) is 0 Å². The van der Waals surface area contributed by atoms with E-state index in [9.17, 15) is 9.90 Å². The zero-order valence-electron chi connectivity index (χ0n) is 10.3. The lowest BCUT2D eigenvalue weighted by Gasteiger charge is -2.29. The molecule has 1 aliphatic heterocycles. The monoisotopic (exact) mass is 246 g/mol. The van der Waals surface area contributed by atoms with E-state index in [2.05, 4.69) is 17.0 Å². The lowest BCUT2D eigenvalue weighted by molar-refractivity contribution is -0.145. The van der Waals surface area contributed by atoms with E-state index in [1.807, 2.05) is 12.1 Å². The molecule has 1 saturated carbocycles. The van der Waals surface area contributed by atoms with Crippen molar-refractivity contribution in [1.82, 2.24) is 4.90 Å². The number of carbonyl (C=O) groups is 1. The summed E-state index contributed by atoms with van der Waals surface area (Å²) in [6.07, 6.45) is 1.90. The minimum atomic E-state index is -1.07. The molecule has 1 atom stereocenters. The van der Waals surface area contributed by atoms with Gasteiger partial charge in [-0.05, 0) is 29.9 Å². The third-order valence-electron chi connectivity index (χ3n) is 4.10. The fourth-order valence-electron chi connectivity index (χ4n) is 2.86. The Labute approximate surface area is 106 Å². The van der Waals surface area contributed by atoms with Crippen molar-refractivity contribution in [2.24, 2.45) is 11.7 Å². The molecule has 0 spiro atoms. The Morgan fingerprint density at radius 3 is 2.33 bits per heavy atom. The summed E-state index contributed by atoms with van der Waals surface area (Å²) in [6, 6.07) is 8.25. The highest BCUT2D eigenvalue weighted by molar-refractivity contribution is 5.80. The van der Waals surface area contributed by atoms with Crippen molar-refractivity contribution in [1.29, 1.82) is 0 Å². The Hall–Kier alpha value is -1.39. The normalized spacial score (nSPS) is 22.5. The van der Waals surface area contributed by atoms with E-state index in [1.165, 1.54) is 11.1 Å². The van der Waals surface area contributed by atoms with Crippen LogP contribution in [0.4, 0.5) is 0 Å². The highest BCUT2D eigenvalue weighted by Crippen LogP contribution is 2.39. The van der Waals surface area contributed by atoms with E-state index < -0.39 is 11.5 Å². The molecule has 18 heavy (non-hydrogen) atoms. The fourth-order valence-corrected chi connectivity index (χ4v) is 2.86. The van der Waals surface area contributed by atoms with Gasteiger partial charge in [0.25, 0.3) is 0 Å². The van der Waals surface area contributed by atoms with Crippen LogP contribution in [0, 0.1) is 5.92 Å². The highest BCUT2D eigenvalue weighted by atomic mass is 16.4. The van der Waals surface area contributed by atoms with Crippen molar-refractivity contribution in [2.75, 3.05) is 6.54 Å². The van der Waals surface area contributed by atoms with Gasteiger partial charge in [-0.3, -0.25) is 9.69 Å². The summed E-state index contributed by atoms with van der Waals surface area (Å²) in [5.74, 6) is -0.709. The first kappa shape index (κ1) is 11.7. The molecule has 0 aromatic heterocycles. The minimum Gasteiger partial charge on any atom is -0.480 e. The highest BCUT2D eigenvalue weighted by Gasteiger charge is 2.49. The summed E-state index contributed by atoms with van der Waals surface area (Å²) >= 11 is 0. The van der Waals surface area contributed by atoms with Crippen LogP contribution >= 0.6 is 0 Å². The number of aliphatic carboxylic acids is 1. The molecule has 3 N–H and O–H groups in total. The second kappa shape index (κ2) is 4.07. The topological polar surface area (TPSA) is 66.6 Å². The Kier molecular flexibility index (Phi) is 2.64. The second-order valence-corrected chi connectivity index (χ2v) is 5.53. The van der Waals surface area contributed by atoms with Crippen molar-refractivity contribution in [2.45, 2.75) is 31.5 Å². The zero-order chi connectivity index (χ0) is 12.8. The van der Waals surface area contributed by atoms with Crippen LogP contribution < -0.4 is 5.73 Å². The SMILES string of the molecule is NC(CN1Cc2ccccc2C1)(C(=O)O)C1CC1. The van der Waals surface area contributed by atoms with Gasteiger partial charge in [-0.15, -0.1) is 0 Å². The summed E-state index contributed by atoms with van der Waals surface area (Å²) in [6.45, 7) is 2.08. The molecule has 4 heteroatoms. The molecule has 1 aliphatic carbocycles. The largest absolute Gasteiger partial charge is 0.480 e. The zero-order valence-corrected chi connectivity index (χ0v) is 10.3. The van der Waals surface area contributed by atoms with Gasteiger partial charge in [0.2, 0.25) is 0 Å². The molecule has 96 valence electrons. The molecule has 0 bridgehead atoms. The fraction of sp³-hybridized carbons (Fsp3) is 0.500. The number of hydrogen-bond donors (Lipinski definition) is 2. The minimum absolute atomic E-state index is 0.152. The van der Waals surface area contributed by atoms with E-state index in [1.54, 1.807) is 0 Å². The number of carboxylic acids is 1. The third kappa shape index (κ3) is 1.91. The average molecular weight is 246 g/mol.